The minimum Gasteiger partial charge on any atom is -0.495 e. The molecule has 0 saturated heterocycles. The molecule has 0 radical (unpaired) electrons. The van der Waals surface area contributed by atoms with Gasteiger partial charge in [-0.2, -0.15) is 0 Å². The highest BCUT2D eigenvalue weighted by molar-refractivity contribution is 6.32. The van der Waals surface area contributed by atoms with E-state index in [-0.39, 0.29) is 17.4 Å². The van der Waals surface area contributed by atoms with Crippen molar-refractivity contribution >= 4 is 40.5 Å². The summed E-state index contributed by atoms with van der Waals surface area (Å²) in [7, 11) is 1.52. The lowest BCUT2D eigenvalue weighted by molar-refractivity contribution is -0.124. The summed E-state index contributed by atoms with van der Waals surface area (Å²) in [6.45, 7) is 3.46. The van der Waals surface area contributed by atoms with Crippen LogP contribution >= 0.6 is 11.6 Å². The predicted molar refractivity (Wildman–Crippen MR) is 136 cm³/mol. The summed E-state index contributed by atoms with van der Waals surface area (Å²) >= 11 is 6.31. The van der Waals surface area contributed by atoms with Crippen LogP contribution in [-0.2, 0) is 9.59 Å². The lowest BCUT2D eigenvalue weighted by Crippen LogP contribution is -2.50. The molecular formula is C27H25ClFN3O3. The molecule has 1 heterocycles. The van der Waals surface area contributed by atoms with Gasteiger partial charge in [0, 0.05) is 16.1 Å². The van der Waals surface area contributed by atoms with Crippen molar-refractivity contribution in [3.8, 4) is 5.75 Å². The first kappa shape index (κ1) is 24.4. The first-order chi connectivity index (χ1) is 16.8. The predicted octanol–water partition coefficient (Wildman–Crippen LogP) is 5.48. The van der Waals surface area contributed by atoms with Gasteiger partial charge in [0.2, 0.25) is 5.91 Å². The molecule has 0 fully saturated rings. The Balaban J connectivity index is 1.82. The van der Waals surface area contributed by atoms with Crippen molar-refractivity contribution in [2.75, 3.05) is 17.3 Å². The van der Waals surface area contributed by atoms with Crippen LogP contribution in [0.15, 0.2) is 71.7 Å². The molecule has 35 heavy (non-hydrogen) atoms. The van der Waals surface area contributed by atoms with E-state index in [1.807, 2.05) is 6.92 Å². The van der Waals surface area contributed by atoms with E-state index in [2.05, 4.69) is 10.3 Å². The minimum atomic E-state index is -0.858. The van der Waals surface area contributed by atoms with Gasteiger partial charge in [-0.15, -0.1) is 0 Å². The van der Waals surface area contributed by atoms with Gasteiger partial charge in [-0.05, 0) is 55.8 Å². The van der Waals surface area contributed by atoms with E-state index in [0.717, 1.165) is 0 Å². The first-order valence-corrected chi connectivity index (χ1v) is 11.6. The van der Waals surface area contributed by atoms with Crippen molar-refractivity contribution in [1.29, 1.82) is 0 Å². The number of nitrogens with zero attached hydrogens (tertiary/aromatic N) is 2. The topological polar surface area (TPSA) is 71.0 Å². The molecule has 0 spiro atoms. The van der Waals surface area contributed by atoms with Crippen molar-refractivity contribution in [1.82, 2.24) is 0 Å². The van der Waals surface area contributed by atoms with Gasteiger partial charge in [-0.1, -0.05) is 42.8 Å². The Morgan fingerprint density at radius 1 is 1.14 bits per heavy atom. The van der Waals surface area contributed by atoms with Crippen molar-refractivity contribution in [3.05, 3.63) is 88.7 Å². The number of carbonyl (C=O) groups is 2. The SMILES string of the molecule is CCC(C(=O)Nc1ccccc1OC)N1C(=O)C(C)N=C(c2ccccc2F)c2cc(Cl)ccc21. The molecule has 8 heteroatoms. The molecule has 180 valence electrons. The molecule has 0 aliphatic carbocycles. The molecule has 2 unspecified atom stereocenters. The van der Waals surface area contributed by atoms with E-state index >= 15 is 0 Å². The summed E-state index contributed by atoms with van der Waals surface area (Å²) in [5.74, 6) is -0.718. The number of halogens is 2. The molecule has 6 nitrogen and oxygen atoms in total. The van der Waals surface area contributed by atoms with E-state index in [9.17, 15) is 14.0 Å². The van der Waals surface area contributed by atoms with Gasteiger partial charge < -0.3 is 10.1 Å². The summed E-state index contributed by atoms with van der Waals surface area (Å²) in [6, 6.07) is 16.5. The standard InChI is InChI=1S/C27H25ClFN3O3/c1-4-22(26(33)31-21-11-7-8-12-24(21)35-3)32-23-14-13-17(28)15-19(23)25(30-16(2)27(32)34)18-9-5-6-10-20(18)29/h5-16,22H,4H2,1-3H3,(H,31,33). The van der Waals surface area contributed by atoms with Gasteiger partial charge in [0.05, 0.1) is 24.2 Å². The second-order valence-electron chi connectivity index (χ2n) is 8.12. The number of para-hydroxylation sites is 2. The smallest absolute Gasteiger partial charge is 0.252 e. The Morgan fingerprint density at radius 3 is 2.57 bits per heavy atom. The molecule has 3 aromatic rings. The number of aliphatic imine (C=N–C) groups is 1. The van der Waals surface area contributed by atoms with Crippen molar-refractivity contribution in [2.45, 2.75) is 32.4 Å². The van der Waals surface area contributed by atoms with Gasteiger partial charge >= 0.3 is 0 Å². The first-order valence-electron chi connectivity index (χ1n) is 11.2. The van der Waals surface area contributed by atoms with Gasteiger partial charge in [0.15, 0.2) is 0 Å². The average molecular weight is 494 g/mol. The maximum atomic E-state index is 14.8. The third kappa shape index (κ3) is 4.77. The number of amides is 2. The number of carbonyl (C=O) groups excluding carboxylic acids is 2. The molecule has 4 rings (SSSR count). The van der Waals surface area contributed by atoms with Crippen LogP contribution in [0.25, 0.3) is 0 Å². The van der Waals surface area contributed by atoms with E-state index in [0.29, 0.717) is 39.8 Å². The molecule has 0 bridgehead atoms. The summed E-state index contributed by atoms with van der Waals surface area (Å²) in [5, 5.41) is 3.28. The summed E-state index contributed by atoms with van der Waals surface area (Å²) < 4.78 is 20.1. The minimum absolute atomic E-state index is 0.254. The highest BCUT2D eigenvalue weighted by Gasteiger charge is 2.37. The van der Waals surface area contributed by atoms with E-state index in [1.165, 1.54) is 18.1 Å². The van der Waals surface area contributed by atoms with Crippen molar-refractivity contribution < 1.29 is 18.7 Å². The molecular weight excluding hydrogens is 469 g/mol. The highest BCUT2D eigenvalue weighted by Crippen LogP contribution is 2.34. The van der Waals surface area contributed by atoms with Crippen LogP contribution < -0.4 is 15.0 Å². The fourth-order valence-corrected chi connectivity index (χ4v) is 4.36. The molecule has 2 atom stereocenters. The second-order valence-corrected chi connectivity index (χ2v) is 8.55. The molecule has 2 amide bonds. The molecule has 1 aliphatic heterocycles. The van der Waals surface area contributed by atoms with Crippen LogP contribution in [0.5, 0.6) is 5.75 Å². The number of nitrogens with one attached hydrogen (secondary N) is 1. The van der Waals surface area contributed by atoms with E-state index in [4.69, 9.17) is 16.3 Å². The average Bonchev–Trinajstić information content (AvgIpc) is 2.95. The number of anilines is 2. The summed E-state index contributed by atoms with van der Waals surface area (Å²) in [6.07, 6.45) is 0.330. The third-order valence-electron chi connectivity index (χ3n) is 5.89. The maximum absolute atomic E-state index is 14.8. The van der Waals surface area contributed by atoms with Crippen LogP contribution in [-0.4, -0.2) is 36.7 Å². The number of fused-ring (bicyclic) bond motifs is 1. The number of hydrogen-bond acceptors (Lipinski definition) is 4. The Hall–Kier alpha value is -3.71. The second kappa shape index (κ2) is 10.3. The summed E-state index contributed by atoms with van der Waals surface area (Å²) in [5.41, 5.74) is 1.97. The fraction of sp³-hybridized carbons (Fsp3) is 0.222. The van der Waals surface area contributed by atoms with Crippen LogP contribution in [0.2, 0.25) is 5.02 Å². The van der Waals surface area contributed by atoms with Crippen LogP contribution in [0.4, 0.5) is 15.8 Å². The molecule has 1 N–H and O–H groups in total. The van der Waals surface area contributed by atoms with Crippen molar-refractivity contribution in [3.63, 3.8) is 0 Å². The Bertz CT molecular complexity index is 1310. The highest BCUT2D eigenvalue weighted by atomic mass is 35.5. The number of hydrogen-bond donors (Lipinski definition) is 1. The molecule has 0 aromatic heterocycles. The maximum Gasteiger partial charge on any atom is 0.252 e. The van der Waals surface area contributed by atoms with E-state index in [1.54, 1.807) is 67.6 Å². The number of ether oxygens (including phenoxy) is 1. The number of methoxy groups -OCH3 is 1. The van der Waals surface area contributed by atoms with Gasteiger partial charge in [-0.3, -0.25) is 19.5 Å². The van der Waals surface area contributed by atoms with Crippen molar-refractivity contribution in [2.24, 2.45) is 4.99 Å². The monoisotopic (exact) mass is 493 g/mol. The number of benzene rings is 3. The van der Waals surface area contributed by atoms with E-state index < -0.39 is 17.9 Å². The zero-order valence-electron chi connectivity index (χ0n) is 19.6. The lowest BCUT2D eigenvalue weighted by atomic mass is 9.98. The normalized spacial score (nSPS) is 16.1. The zero-order chi connectivity index (χ0) is 25.1. The van der Waals surface area contributed by atoms with Crippen LogP contribution in [0, 0.1) is 5.82 Å². The van der Waals surface area contributed by atoms with Crippen LogP contribution in [0.1, 0.15) is 31.4 Å². The van der Waals surface area contributed by atoms with Gasteiger partial charge in [-0.25, -0.2) is 4.39 Å². The quantitative estimate of drug-likeness (QED) is 0.494. The Morgan fingerprint density at radius 2 is 1.86 bits per heavy atom. The van der Waals surface area contributed by atoms with Gasteiger partial charge in [0.25, 0.3) is 5.91 Å². The lowest BCUT2D eigenvalue weighted by Gasteiger charge is -2.31. The molecule has 1 aliphatic rings. The Kier molecular flexibility index (Phi) is 7.17. The summed E-state index contributed by atoms with van der Waals surface area (Å²) in [4.78, 5) is 33.1. The zero-order valence-corrected chi connectivity index (χ0v) is 20.3. The number of benzodiazepines with no additional fused rings is 1. The number of rotatable bonds is 6. The Labute approximate surface area is 208 Å². The fourth-order valence-electron chi connectivity index (χ4n) is 4.18. The van der Waals surface area contributed by atoms with Crippen LogP contribution in [0.3, 0.4) is 0 Å². The molecule has 3 aromatic carbocycles. The molecule has 0 saturated carbocycles. The largest absolute Gasteiger partial charge is 0.495 e. The van der Waals surface area contributed by atoms with Gasteiger partial charge in [0.1, 0.15) is 23.7 Å². The third-order valence-corrected chi connectivity index (χ3v) is 6.12.